The average molecular weight is 570 g/mol. The van der Waals surface area contributed by atoms with E-state index >= 15 is 0 Å². The van der Waals surface area contributed by atoms with Crippen molar-refractivity contribution in [1.82, 2.24) is 10.2 Å². The molecular weight excluding hydrogens is 541 g/mol. The number of fused-ring (bicyclic) bond motifs is 1. The third-order valence-corrected chi connectivity index (χ3v) is 8.43. The SMILES string of the molecule is CC(C(=O)NC1CCCC1)N(Cc1c(Cl)cccc1Cl)C(=O)CN(c1ccc2c(c1)OCO2)S(C)(=O)=O. The van der Waals surface area contributed by atoms with Crippen molar-refractivity contribution in [2.75, 3.05) is 23.9 Å². The van der Waals surface area contributed by atoms with Crippen molar-refractivity contribution in [2.24, 2.45) is 0 Å². The van der Waals surface area contributed by atoms with Crippen LogP contribution < -0.4 is 19.1 Å². The summed E-state index contributed by atoms with van der Waals surface area (Å²) in [6.07, 6.45) is 4.85. The summed E-state index contributed by atoms with van der Waals surface area (Å²) in [6.45, 7) is 1.02. The van der Waals surface area contributed by atoms with Crippen LogP contribution in [-0.2, 0) is 26.2 Å². The van der Waals surface area contributed by atoms with E-state index in [0.717, 1.165) is 36.2 Å². The first-order valence-electron chi connectivity index (χ1n) is 11.9. The summed E-state index contributed by atoms with van der Waals surface area (Å²) < 4.78 is 37.2. The largest absolute Gasteiger partial charge is 0.454 e. The van der Waals surface area contributed by atoms with Gasteiger partial charge < -0.3 is 19.7 Å². The number of benzene rings is 2. The molecule has 0 aromatic heterocycles. The Morgan fingerprint density at radius 1 is 1.08 bits per heavy atom. The lowest BCUT2D eigenvalue weighted by atomic mass is 10.1. The van der Waals surface area contributed by atoms with Crippen LogP contribution in [0.3, 0.4) is 0 Å². The fraction of sp³-hybridized carbons (Fsp3) is 0.440. The zero-order valence-electron chi connectivity index (χ0n) is 20.6. The number of hydrogen-bond acceptors (Lipinski definition) is 6. The number of anilines is 1. The highest BCUT2D eigenvalue weighted by Crippen LogP contribution is 2.36. The third-order valence-electron chi connectivity index (χ3n) is 6.58. The summed E-state index contributed by atoms with van der Waals surface area (Å²) in [6, 6.07) is 8.74. The van der Waals surface area contributed by atoms with Gasteiger partial charge in [-0.3, -0.25) is 13.9 Å². The van der Waals surface area contributed by atoms with Crippen molar-refractivity contribution in [2.45, 2.75) is 51.2 Å². The van der Waals surface area contributed by atoms with Crippen molar-refractivity contribution in [3.8, 4) is 11.5 Å². The number of carbonyl (C=O) groups excluding carboxylic acids is 2. The number of rotatable bonds is 9. The molecule has 2 amide bonds. The second-order valence-corrected chi connectivity index (χ2v) is 11.9. The molecule has 1 atom stereocenters. The molecule has 37 heavy (non-hydrogen) atoms. The summed E-state index contributed by atoms with van der Waals surface area (Å²) in [7, 11) is -3.88. The molecule has 1 unspecified atom stereocenters. The van der Waals surface area contributed by atoms with E-state index in [-0.39, 0.29) is 31.0 Å². The molecule has 1 aliphatic heterocycles. The van der Waals surface area contributed by atoms with Gasteiger partial charge in [-0.05, 0) is 44.0 Å². The molecule has 0 spiro atoms. The molecule has 4 rings (SSSR count). The average Bonchev–Trinajstić information content (AvgIpc) is 3.52. The number of ether oxygens (including phenoxy) is 2. The van der Waals surface area contributed by atoms with Crippen molar-refractivity contribution < 1.29 is 27.5 Å². The first-order valence-corrected chi connectivity index (χ1v) is 14.5. The maximum absolute atomic E-state index is 13.7. The lowest BCUT2D eigenvalue weighted by Gasteiger charge is -2.32. The highest BCUT2D eigenvalue weighted by Gasteiger charge is 2.32. The van der Waals surface area contributed by atoms with Crippen LogP contribution in [0.25, 0.3) is 0 Å². The minimum absolute atomic E-state index is 0.0244. The Morgan fingerprint density at radius 3 is 2.38 bits per heavy atom. The van der Waals surface area contributed by atoms with Gasteiger partial charge in [0.1, 0.15) is 12.6 Å². The van der Waals surface area contributed by atoms with Gasteiger partial charge in [0.15, 0.2) is 11.5 Å². The second-order valence-electron chi connectivity index (χ2n) is 9.19. The molecule has 0 saturated heterocycles. The van der Waals surface area contributed by atoms with Crippen LogP contribution in [0.5, 0.6) is 11.5 Å². The highest BCUT2D eigenvalue weighted by molar-refractivity contribution is 7.92. The number of hydrogen-bond donors (Lipinski definition) is 1. The molecule has 1 saturated carbocycles. The van der Waals surface area contributed by atoms with Crippen LogP contribution in [0, 0.1) is 0 Å². The monoisotopic (exact) mass is 569 g/mol. The molecule has 0 bridgehead atoms. The summed E-state index contributed by atoms with van der Waals surface area (Å²) in [5, 5.41) is 3.69. The molecular formula is C25H29Cl2N3O6S. The maximum atomic E-state index is 13.7. The molecule has 1 fully saturated rings. The Morgan fingerprint density at radius 2 is 1.73 bits per heavy atom. The highest BCUT2D eigenvalue weighted by atomic mass is 35.5. The van der Waals surface area contributed by atoms with Gasteiger partial charge in [0.2, 0.25) is 28.6 Å². The Bertz CT molecular complexity index is 1260. The minimum atomic E-state index is -3.88. The van der Waals surface area contributed by atoms with Crippen molar-refractivity contribution in [3.05, 3.63) is 52.0 Å². The van der Waals surface area contributed by atoms with Crippen LogP contribution in [0.15, 0.2) is 36.4 Å². The molecule has 2 aromatic rings. The molecule has 1 heterocycles. The Balaban J connectivity index is 1.63. The lowest BCUT2D eigenvalue weighted by Crippen LogP contribution is -2.52. The fourth-order valence-electron chi connectivity index (χ4n) is 4.48. The molecule has 200 valence electrons. The fourth-order valence-corrected chi connectivity index (χ4v) is 5.84. The topological polar surface area (TPSA) is 105 Å². The first kappa shape index (κ1) is 27.3. The number of nitrogens with one attached hydrogen (secondary N) is 1. The van der Waals surface area contributed by atoms with E-state index in [1.807, 2.05) is 0 Å². The number of sulfonamides is 1. The quantitative estimate of drug-likeness (QED) is 0.490. The van der Waals surface area contributed by atoms with Gasteiger partial charge >= 0.3 is 0 Å². The van der Waals surface area contributed by atoms with Crippen molar-refractivity contribution >= 4 is 50.7 Å². The third kappa shape index (κ3) is 6.42. The maximum Gasteiger partial charge on any atom is 0.244 e. The van der Waals surface area contributed by atoms with E-state index in [1.165, 1.54) is 17.0 Å². The predicted octanol–water partition coefficient (Wildman–Crippen LogP) is 3.96. The van der Waals surface area contributed by atoms with Crippen molar-refractivity contribution in [1.29, 1.82) is 0 Å². The lowest BCUT2D eigenvalue weighted by molar-refractivity contribution is -0.139. The Kier molecular flexibility index (Phi) is 8.40. The van der Waals surface area contributed by atoms with E-state index in [4.69, 9.17) is 32.7 Å². The molecule has 0 radical (unpaired) electrons. The summed E-state index contributed by atoms with van der Waals surface area (Å²) in [4.78, 5) is 28.2. The zero-order valence-corrected chi connectivity index (χ0v) is 22.9. The van der Waals surface area contributed by atoms with Crippen LogP contribution in [0.1, 0.15) is 38.2 Å². The van der Waals surface area contributed by atoms with Gasteiger partial charge in [0.25, 0.3) is 0 Å². The van der Waals surface area contributed by atoms with Gasteiger partial charge in [-0.15, -0.1) is 0 Å². The summed E-state index contributed by atoms with van der Waals surface area (Å²) >= 11 is 12.7. The molecule has 9 nitrogen and oxygen atoms in total. The molecule has 1 aliphatic carbocycles. The molecule has 1 N–H and O–H groups in total. The summed E-state index contributed by atoms with van der Waals surface area (Å²) in [5.41, 5.74) is 0.701. The van der Waals surface area contributed by atoms with Gasteiger partial charge in [0.05, 0.1) is 11.9 Å². The number of amides is 2. The molecule has 2 aromatic carbocycles. The van der Waals surface area contributed by atoms with E-state index < -0.39 is 28.5 Å². The van der Waals surface area contributed by atoms with Gasteiger partial charge in [0, 0.05) is 34.3 Å². The summed E-state index contributed by atoms with van der Waals surface area (Å²) in [5.74, 6) is -0.0519. The van der Waals surface area contributed by atoms with Crippen molar-refractivity contribution in [3.63, 3.8) is 0 Å². The number of carbonyl (C=O) groups is 2. The van der Waals surface area contributed by atoms with E-state index in [0.29, 0.717) is 27.1 Å². The smallest absolute Gasteiger partial charge is 0.244 e. The first-order chi connectivity index (χ1) is 17.5. The van der Waals surface area contributed by atoms with E-state index in [2.05, 4.69) is 5.32 Å². The van der Waals surface area contributed by atoms with Crippen LogP contribution >= 0.6 is 23.2 Å². The second kappa shape index (κ2) is 11.4. The van der Waals surface area contributed by atoms with Crippen LogP contribution in [0.4, 0.5) is 5.69 Å². The Labute approximate surface area is 226 Å². The van der Waals surface area contributed by atoms with Crippen LogP contribution in [-0.4, -0.2) is 56.8 Å². The van der Waals surface area contributed by atoms with E-state index in [1.54, 1.807) is 31.2 Å². The van der Waals surface area contributed by atoms with Gasteiger partial charge in [-0.2, -0.15) is 0 Å². The zero-order chi connectivity index (χ0) is 26.7. The van der Waals surface area contributed by atoms with E-state index in [9.17, 15) is 18.0 Å². The number of nitrogens with zero attached hydrogens (tertiary/aromatic N) is 2. The molecule has 2 aliphatic rings. The Hall–Kier alpha value is -2.69. The normalized spacial score (nSPS) is 15.9. The standard InChI is InChI=1S/C25H29Cl2N3O6S/c1-16(25(32)28-17-6-3-4-7-17)29(13-19-20(26)8-5-9-21(19)27)24(31)14-30(37(2,33)34)18-10-11-22-23(12-18)36-15-35-22/h5,8-12,16-17H,3-4,6-7,13-15H2,1-2H3,(H,28,32). The molecule has 12 heteroatoms. The number of halogens is 2. The van der Waals surface area contributed by atoms with Crippen LogP contribution in [0.2, 0.25) is 10.0 Å². The van der Waals surface area contributed by atoms with Gasteiger partial charge in [-0.1, -0.05) is 42.1 Å². The van der Waals surface area contributed by atoms with Gasteiger partial charge in [-0.25, -0.2) is 8.42 Å². The predicted molar refractivity (Wildman–Crippen MR) is 142 cm³/mol. The minimum Gasteiger partial charge on any atom is -0.454 e.